The van der Waals surface area contributed by atoms with Crippen molar-refractivity contribution in [3.05, 3.63) is 106 Å². The van der Waals surface area contributed by atoms with Crippen LogP contribution in [0, 0.1) is 0 Å². The summed E-state index contributed by atoms with van der Waals surface area (Å²) in [6.07, 6.45) is 0. The Morgan fingerprint density at radius 3 is 2.07 bits per heavy atom. The molecule has 0 saturated carbocycles. The Morgan fingerprint density at radius 1 is 0.854 bits per heavy atom. The average Bonchev–Trinajstić information content (AvgIpc) is 2.93. The standard InChI is InChI=1S/C29H25Cl2N3O6S/c1-33(2)29(38)19-11-9-18(10-12-19)16-32-28(37)25-7-3-6-24-23(25)5-4-8-26(24)34(17-27(35)36)41(39,40)22-14-20(30)13-21(31)15-22/h3-15H,16-17H2,1-2H3,(H,32,37)(H,35,36). The van der Waals surface area contributed by atoms with E-state index in [1.807, 2.05) is 0 Å². The predicted molar refractivity (Wildman–Crippen MR) is 158 cm³/mol. The molecule has 0 aliphatic heterocycles. The number of aliphatic carboxylic acids is 1. The zero-order chi connectivity index (χ0) is 29.9. The molecule has 0 saturated heterocycles. The third-order valence-corrected chi connectivity index (χ3v) is 8.35. The Balaban J connectivity index is 1.68. The van der Waals surface area contributed by atoms with Crippen LogP contribution in [0.4, 0.5) is 5.69 Å². The summed E-state index contributed by atoms with van der Waals surface area (Å²) in [5.74, 6) is -1.94. The third kappa shape index (κ3) is 6.62. The molecule has 4 aromatic rings. The zero-order valence-electron chi connectivity index (χ0n) is 22.0. The number of sulfonamides is 1. The van der Waals surface area contributed by atoms with Crippen LogP contribution in [0.5, 0.6) is 0 Å². The summed E-state index contributed by atoms with van der Waals surface area (Å²) < 4.78 is 28.0. The van der Waals surface area contributed by atoms with Crippen LogP contribution >= 0.6 is 23.2 Å². The Morgan fingerprint density at radius 2 is 1.46 bits per heavy atom. The molecule has 0 spiro atoms. The molecule has 4 aromatic carbocycles. The van der Waals surface area contributed by atoms with Crippen LogP contribution in [0.15, 0.2) is 83.8 Å². The number of rotatable bonds is 9. The molecule has 0 heterocycles. The van der Waals surface area contributed by atoms with Crippen molar-refractivity contribution >= 4 is 67.5 Å². The van der Waals surface area contributed by atoms with Crippen molar-refractivity contribution in [2.75, 3.05) is 24.9 Å². The maximum absolute atomic E-state index is 13.6. The quantitative estimate of drug-likeness (QED) is 0.272. The van der Waals surface area contributed by atoms with Crippen LogP contribution in [0.2, 0.25) is 10.0 Å². The maximum Gasteiger partial charge on any atom is 0.324 e. The number of nitrogens with zero attached hydrogens (tertiary/aromatic N) is 2. The fourth-order valence-corrected chi connectivity index (χ4v) is 6.40. The average molecular weight is 615 g/mol. The molecular formula is C29H25Cl2N3O6S. The van der Waals surface area contributed by atoms with Crippen LogP contribution in [0.25, 0.3) is 10.8 Å². The Labute approximate surface area is 246 Å². The summed E-state index contributed by atoms with van der Waals surface area (Å²) in [7, 11) is -1.10. The Kier molecular flexibility index (Phi) is 8.86. The minimum Gasteiger partial charge on any atom is -0.480 e. The van der Waals surface area contributed by atoms with E-state index in [1.54, 1.807) is 68.7 Å². The van der Waals surface area contributed by atoms with Crippen molar-refractivity contribution in [2.45, 2.75) is 11.4 Å². The second kappa shape index (κ2) is 12.2. The lowest BCUT2D eigenvalue weighted by Crippen LogP contribution is -2.36. The SMILES string of the molecule is CN(C)C(=O)c1ccc(CNC(=O)c2cccc3c(N(CC(=O)O)S(=O)(=O)c4cc(Cl)cc(Cl)c4)cccc23)cc1. The molecule has 212 valence electrons. The normalized spacial score (nSPS) is 11.2. The highest BCUT2D eigenvalue weighted by molar-refractivity contribution is 7.93. The van der Waals surface area contributed by atoms with E-state index in [-0.39, 0.29) is 38.6 Å². The first kappa shape index (κ1) is 29.9. The zero-order valence-corrected chi connectivity index (χ0v) is 24.3. The molecule has 0 aromatic heterocycles. The number of carbonyl (C=O) groups excluding carboxylic acids is 2. The summed E-state index contributed by atoms with van der Waals surface area (Å²) in [4.78, 5) is 38.3. The molecule has 0 atom stereocenters. The second-order valence-corrected chi connectivity index (χ2v) is 12.0. The predicted octanol–water partition coefficient (Wildman–Crippen LogP) is 5.06. The fraction of sp³-hybridized carbons (Fsp3) is 0.138. The Bertz CT molecular complexity index is 1740. The van der Waals surface area contributed by atoms with Gasteiger partial charge >= 0.3 is 5.97 Å². The van der Waals surface area contributed by atoms with Gasteiger partial charge in [0.05, 0.1) is 10.6 Å². The number of fused-ring (bicyclic) bond motifs is 1. The van der Waals surface area contributed by atoms with Crippen molar-refractivity contribution in [1.82, 2.24) is 10.2 Å². The number of amides is 2. The number of halogens is 2. The summed E-state index contributed by atoms with van der Waals surface area (Å²) in [5.41, 5.74) is 1.63. The number of carboxylic acid groups (broad SMARTS) is 1. The van der Waals surface area contributed by atoms with Gasteiger partial charge in [0.2, 0.25) is 0 Å². The highest BCUT2D eigenvalue weighted by atomic mass is 35.5. The van der Waals surface area contributed by atoms with E-state index in [2.05, 4.69) is 5.32 Å². The summed E-state index contributed by atoms with van der Waals surface area (Å²) in [6.45, 7) is -0.700. The molecule has 9 nitrogen and oxygen atoms in total. The minimum atomic E-state index is -4.42. The van der Waals surface area contributed by atoms with Crippen LogP contribution in [0.3, 0.4) is 0 Å². The van der Waals surface area contributed by atoms with Gasteiger partial charge in [-0.1, -0.05) is 59.6 Å². The van der Waals surface area contributed by atoms with E-state index in [0.717, 1.165) is 9.87 Å². The van der Waals surface area contributed by atoms with E-state index in [9.17, 15) is 27.9 Å². The van der Waals surface area contributed by atoms with E-state index < -0.39 is 28.4 Å². The minimum absolute atomic E-state index is 0.0665. The molecule has 0 unspecified atom stereocenters. The van der Waals surface area contributed by atoms with E-state index >= 15 is 0 Å². The van der Waals surface area contributed by atoms with E-state index in [4.69, 9.17) is 23.2 Å². The monoisotopic (exact) mass is 613 g/mol. The van der Waals surface area contributed by atoms with Gasteiger partial charge in [0.25, 0.3) is 21.8 Å². The van der Waals surface area contributed by atoms with Gasteiger partial charge in [-0.25, -0.2) is 8.42 Å². The van der Waals surface area contributed by atoms with Crippen LogP contribution in [0.1, 0.15) is 26.3 Å². The third-order valence-electron chi connectivity index (χ3n) is 6.18. The first-order valence-electron chi connectivity index (χ1n) is 12.2. The number of hydrogen-bond donors (Lipinski definition) is 2. The lowest BCUT2D eigenvalue weighted by Gasteiger charge is -2.25. The van der Waals surface area contributed by atoms with Crippen molar-refractivity contribution in [2.24, 2.45) is 0 Å². The maximum atomic E-state index is 13.6. The fourth-order valence-electron chi connectivity index (χ4n) is 4.24. The van der Waals surface area contributed by atoms with Gasteiger partial charge in [0, 0.05) is 47.2 Å². The highest BCUT2D eigenvalue weighted by Crippen LogP contribution is 2.34. The summed E-state index contributed by atoms with van der Waals surface area (Å²) >= 11 is 12.1. The number of benzene rings is 4. The van der Waals surface area contributed by atoms with Crippen molar-refractivity contribution in [1.29, 1.82) is 0 Å². The molecule has 0 radical (unpaired) electrons. The molecule has 0 aliphatic rings. The number of anilines is 1. The summed E-state index contributed by atoms with van der Waals surface area (Å²) in [6, 6.07) is 20.0. The number of carboxylic acids is 1. The summed E-state index contributed by atoms with van der Waals surface area (Å²) in [5, 5.41) is 13.3. The number of carbonyl (C=O) groups is 3. The smallest absolute Gasteiger partial charge is 0.324 e. The lowest BCUT2D eigenvalue weighted by atomic mass is 10.0. The first-order chi connectivity index (χ1) is 19.4. The van der Waals surface area contributed by atoms with Crippen LogP contribution < -0.4 is 9.62 Å². The van der Waals surface area contributed by atoms with Gasteiger partial charge in [-0.2, -0.15) is 0 Å². The number of nitrogens with one attached hydrogen (secondary N) is 1. The molecule has 0 aliphatic carbocycles. The van der Waals surface area contributed by atoms with Crippen molar-refractivity contribution < 1.29 is 27.9 Å². The van der Waals surface area contributed by atoms with Crippen molar-refractivity contribution in [3.8, 4) is 0 Å². The topological polar surface area (TPSA) is 124 Å². The molecular weight excluding hydrogens is 589 g/mol. The molecule has 2 amide bonds. The van der Waals surface area contributed by atoms with E-state index in [1.165, 1.54) is 29.2 Å². The molecule has 12 heteroatoms. The van der Waals surface area contributed by atoms with Gasteiger partial charge in [-0.3, -0.25) is 18.7 Å². The van der Waals surface area contributed by atoms with E-state index in [0.29, 0.717) is 16.3 Å². The van der Waals surface area contributed by atoms with Gasteiger partial charge in [-0.05, 0) is 53.4 Å². The number of hydrogen-bond acceptors (Lipinski definition) is 5. The van der Waals surface area contributed by atoms with Crippen molar-refractivity contribution in [3.63, 3.8) is 0 Å². The molecule has 0 fully saturated rings. The molecule has 0 bridgehead atoms. The molecule has 4 rings (SSSR count). The van der Waals surface area contributed by atoms with Gasteiger partial charge in [0.15, 0.2) is 0 Å². The lowest BCUT2D eigenvalue weighted by molar-refractivity contribution is -0.135. The largest absolute Gasteiger partial charge is 0.480 e. The van der Waals surface area contributed by atoms with Crippen LogP contribution in [-0.4, -0.2) is 56.8 Å². The Hall–Kier alpha value is -4.12. The van der Waals surface area contributed by atoms with Gasteiger partial charge in [-0.15, -0.1) is 0 Å². The van der Waals surface area contributed by atoms with Gasteiger partial charge < -0.3 is 15.3 Å². The first-order valence-corrected chi connectivity index (χ1v) is 14.4. The second-order valence-electron chi connectivity index (χ2n) is 9.27. The molecule has 41 heavy (non-hydrogen) atoms. The molecule has 2 N–H and O–H groups in total. The van der Waals surface area contributed by atoms with Gasteiger partial charge in [0.1, 0.15) is 6.54 Å². The highest BCUT2D eigenvalue weighted by Gasteiger charge is 2.29. The van der Waals surface area contributed by atoms with Crippen LogP contribution in [-0.2, 0) is 21.4 Å².